The number of hydrogen-bond donors (Lipinski definition) is 1. The summed E-state index contributed by atoms with van der Waals surface area (Å²) in [5.74, 6) is 0. The quantitative estimate of drug-likeness (QED) is 0.791. The molecule has 16 heavy (non-hydrogen) atoms. The lowest BCUT2D eigenvalue weighted by Crippen LogP contribution is -2.47. The van der Waals surface area contributed by atoms with Crippen LogP contribution in [0.5, 0.6) is 0 Å². The number of ether oxygens (including phenoxy) is 2. The van der Waals surface area contributed by atoms with Gasteiger partial charge in [0.15, 0.2) is 0 Å². The number of methoxy groups -OCH3 is 1. The summed E-state index contributed by atoms with van der Waals surface area (Å²) in [5.41, 5.74) is -0.443. The van der Waals surface area contributed by atoms with Gasteiger partial charge in [-0.2, -0.15) is 0 Å². The zero-order valence-corrected chi connectivity index (χ0v) is 10.7. The van der Waals surface area contributed by atoms with E-state index in [1.165, 1.54) is 6.42 Å². The van der Waals surface area contributed by atoms with Gasteiger partial charge < -0.3 is 14.8 Å². The van der Waals surface area contributed by atoms with Gasteiger partial charge >= 0.3 is 6.09 Å². The first-order valence-corrected chi connectivity index (χ1v) is 5.94. The fourth-order valence-corrected chi connectivity index (χ4v) is 2.00. The lowest BCUT2D eigenvalue weighted by atomic mass is 9.92. The number of carbonyl (C=O) groups excluding carboxylic acids is 1. The molecule has 4 nitrogen and oxygen atoms in total. The third kappa shape index (κ3) is 4.39. The van der Waals surface area contributed by atoms with Crippen molar-refractivity contribution in [3.63, 3.8) is 0 Å². The predicted octanol–water partition coefficient (Wildman–Crippen LogP) is 2.47. The average Bonchev–Trinajstić information content (AvgIpc) is 2.15. The van der Waals surface area contributed by atoms with Crippen LogP contribution in [-0.2, 0) is 9.47 Å². The van der Waals surface area contributed by atoms with Crippen LogP contribution in [0.2, 0.25) is 0 Å². The third-order valence-corrected chi connectivity index (χ3v) is 2.71. The average molecular weight is 229 g/mol. The molecule has 0 saturated heterocycles. The van der Waals surface area contributed by atoms with Gasteiger partial charge in [0.2, 0.25) is 0 Å². The van der Waals surface area contributed by atoms with Crippen LogP contribution < -0.4 is 5.32 Å². The highest BCUT2D eigenvalue weighted by Gasteiger charge is 2.28. The van der Waals surface area contributed by atoms with E-state index in [2.05, 4.69) is 5.32 Å². The molecule has 0 radical (unpaired) electrons. The maximum absolute atomic E-state index is 11.6. The van der Waals surface area contributed by atoms with Crippen LogP contribution in [0.1, 0.15) is 46.5 Å². The number of hydrogen-bond acceptors (Lipinski definition) is 3. The van der Waals surface area contributed by atoms with Gasteiger partial charge in [-0.1, -0.05) is 12.8 Å². The first-order chi connectivity index (χ1) is 7.42. The van der Waals surface area contributed by atoms with Crippen LogP contribution >= 0.6 is 0 Å². The predicted molar refractivity (Wildman–Crippen MR) is 62.4 cm³/mol. The summed E-state index contributed by atoms with van der Waals surface area (Å²) in [6.45, 7) is 5.59. The van der Waals surface area contributed by atoms with Crippen molar-refractivity contribution < 1.29 is 14.3 Å². The zero-order chi connectivity index (χ0) is 12.2. The molecule has 0 heterocycles. The van der Waals surface area contributed by atoms with Crippen molar-refractivity contribution in [1.82, 2.24) is 5.32 Å². The Morgan fingerprint density at radius 3 is 2.44 bits per heavy atom. The Hall–Kier alpha value is -0.770. The van der Waals surface area contributed by atoms with E-state index in [1.807, 2.05) is 20.8 Å². The highest BCUT2D eigenvalue weighted by Crippen LogP contribution is 2.21. The molecule has 1 N–H and O–H groups in total. The van der Waals surface area contributed by atoms with Gasteiger partial charge in [-0.3, -0.25) is 0 Å². The maximum atomic E-state index is 11.6. The van der Waals surface area contributed by atoms with Gasteiger partial charge in [0.1, 0.15) is 5.60 Å². The summed E-state index contributed by atoms with van der Waals surface area (Å²) in [6, 6.07) is 0.0913. The largest absolute Gasteiger partial charge is 0.444 e. The second kappa shape index (κ2) is 5.53. The molecule has 94 valence electrons. The monoisotopic (exact) mass is 229 g/mol. The minimum absolute atomic E-state index is 0.0913. The fraction of sp³-hybridized carbons (Fsp3) is 0.917. The minimum Gasteiger partial charge on any atom is -0.444 e. The first-order valence-electron chi connectivity index (χ1n) is 5.94. The second-order valence-electron chi connectivity index (χ2n) is 5.31. The van der Waals surface area contributed by atoms with E-state index in [0.717, 1.165) is 19.3 Å². The molecule has 0 aromatic rings. The van der Waals surface area contributed by atoms with Crippen molar-refractivity contribution in [1.29, 1.82) is 0 Å². The molecule has 0 unspecified atom stereocenters. The fourth-order valence-electron chi connectivity index (χ4n) is 2.00. The Bertz CT molecular complexity index is 235. The zero-order valence-electron chi connectivity index (χ0n) is 10.7. The van der Waals surface area contributed by atoms with Gasteiger partial charge in [0, 0.05) is 7.11 Å². The van der Waals surface area contributed by atoms with Gasteiger partial charge in [0.05, 0.1) is 12.1 Å². The van der Waals surface area contributed by atoms with Crippen LogP contribution in [0.3, 0.4) is 0 Å². The van der Waals surface area contributed by atoms with E-state index in [-0.39, 0.29) is 18.2 Å². The Morgan fingerprint density at radius 1 is 1.25 bits per heavy atom. The van der Waals surface area contributed by atoms with Gasteiger partial charge in [-0.25, -0.2) is 4.79 Å². The summed E-state index contributed by atoms with van der Waals surface area (Å²) in [5, 5.41) is 2.89. The van der Waals surface area contributed by atoms with Crippen molar-refractivity contribution in [3.05, 3.63) is 0 Å². The summed E-state index contributed by atoms with van der Waals surface area (Å²) >= 11 is 0. The smallest absolute Gasteiger partial charge is 0.407 e. The van der Waals surface area contributed by atoms with E-state index >= 15 is 0 Å². The molecule has 1 rings (SSSR count). The molecule has 0 bridgehead atoms. The molecule has 0 spiro atoms. The molecular formula is C12H23NO3. The molecule has 0 aliphatic heterocycles. The number of alkyl carbamates (subject to hydrolysis) is 1. The van der Waals surface area contributed by atoms with Gasteiger partial charge in [-0.15, -0.1) is 0 Å². The van der Waals surface area contributed by atoms with E-state index < -0.39 is 5.60 Å². The molecule has 1 aliphatic rings. The molecule has 0 aromatic carbocycles. The molecular weight excluding hydrogens is 206 g/mol. The molecule has 2 atom stereocenters. The topological polar surface area (TPSA) is 47.6 Å². The number of amides is 1. The first kappa shape index (κ1) is 13.3. The molecule has 1 amide bonds. The van der Waals surface area contributed by atoms with Crippen molar-refractivity contribution >= 4 is 6.09 Å². The van der Waals surface area contributed by atoms with E-state index in [4.69, 9.17) is 9.47 Å². The highest BCUT2D eigenvalue weighted by atomic mass is 16.6. The van der Waals surface area contributed by atoms with Crippen LogP contribution in [0.25, 0.3) is 0 Å². The SMILES string of the molecule is CO[C@@H]1CCCC[C@H]1NC(=O)OC(C)(C)C. The van der Waals surface area contributed by atoms with E-state index in [1.54, 1.807) is 7.11 Å². The van der Waals surface area contributed by atoms with Crippen molar-refractivity contribution in [2.24, 2.45) is 0 Å². The molecule has 0 aromatic heterocycles. The van der Waals surface area contributed by atoms with Crippen molar-refractivity contribution in [2.75, 3.05) is 7.11 Å². The Labute approximate surface area is 97.7 Å². The second-order valence-corrected chi connectivity index (χ2v) is 5.31. The van der Waals surface area contributed by atoms with E-state index in [9.17, 15) is 4.79 Å². The Kier molecular flexibility index (Phi) is 4.59. The Balaban J connectivity index is 2.42. The third-order valence-electron chi connectivity index (χ3n) is 2.71. The number of rotatable bonds is 2. The van der Waals surface area contributed by atoms with Crippen molar-refractivity contribution in [2.45, 2.75) is 64.2 Å². The minimum atomic E-state index is -0.443. The maximum Gasteiger partial charge on any atom is 0.407 e. The molecule has 1 saturated carbocycles. The molecule has 4 heteroatoms. The summed E-state index contributed by atoms with van der Waals surface area (Å²) in [7, 11) is 1.69. The lowest BCUT2D eigenvalue weighted by Gasteiger charge is -2.31. The van der Waals surface area contributed by atoms with Gasteiger partial charge in [-0.05, 0) is 33.6 Å². The van der Waals surface area contributed by atoms with Crippen LogP contribution in [0.15, 0.2) is 0 Å². The summed E-state index contributed by atoms with van der Waals surface area (Å²) in [6.07, 6.45) is 4.07. The summed E-state index contributed by atoms with van der Waals surface area (Å²) < 4.78 is 10.6. The number of carbonyl (C=O) groups is 1. The molecule has 1 fully saturated rings. The van der Waals surface area contributed by atoms with Crippen LogP contribution in [-0.4, -0.2) is 30.9 Å². The lowest BCUT2D eigenvalue weighted by molar-refractivity contribution is 0.0213. The number of nitrogens with one attached hydrogen (secondary N) is 1. The highest BCUT2D eigenvalue weighted by molar-refractivity contribution is 5.68. The van der Waals surface area contributed by atoms with Gasteiger partial charge in [0.25, 0.3) is 0 Å². The van der Waals surface area contributed by atoms with Crippen LogP contribution in [0.4, 0.5) is 4.79 Å². The normalized spacial score (nSPS) is 26.2. The van der Waals surface area contributed by atoms with E-state index in [0.29, 0.717) is 0 Å². The van der Waals surface area contributed by atoms with Crippen LogP contribution in [0, 0.1) is 0 Å². The molecule has 1 aliphatic carbocycles. The standard InChI is InChI=1S/C12H23NO3/c1-12(2,3)16-11(14)13-9-7-5-6-8-10(9)15-4/h9-10H,5-8H2,1-4H3,(H,13,14)/t9-,10-/m1/s1. The summed E-state index contributed by atoms with van der Waals surface area (Å²) in [4.78, 5) is 11.6. The Morgan fingerprint density at radius 2 is 1.88 bits per heavy atom. The van der Waals surface area contributed by atoms with Crippen molar-refractivity contribution in [3.8, 4) is 0 Å².